The summed E-state index contributed by atoms with van der Waals surface area (Å²) in [6, 6.07) is 13.0. The van der Waals surface area contributed by atoms with Gasteiger partial charge in [-0.25, -0.2) is 4.79 Å². The molecule has 2 N–H and O–H groups in total. The number of allylic oxidation sites excluding steroid dienone is 1. The van der Waals surface area contributed by atoms with Crippen molar-refractivity contribution in [3.05, 3.63) is 66.2 Å². The van der Waals surface area contributed by atoms with Crippen LogP contribution in [0.3, 0.4) is 0 Å². The number of nitrogens with one attached hydrogen (secondary N) is 2. The lowest BCUT2D eigenvalue weighted by molar-refractivity contribution is -0.111. The number of carbonyl (C=O) groups excluding carboxylic acids is 3. The molecule has 1 fully saturated rings. The van der Waals surface area contributed by atoms with Crippen molar-refractivity contribution in [2.24, 2.45) is 5.92 Å². The van der Waals surface area contributed by atoms with Crippen LogP contribution < -0.4 is 15.4 Å². The Morgan fingerprint density at radius 2 is 1.55 bits per heavy atom. The third-order valence-corrected chi connectivity index (χ3v) is 4.91. The van der Waals surface area contributed by atoms with Crippen molar-refractivity contribution in [2.45, 2.75) is 32.6 Å². The van der Waals surface area contributed by atoms with Crippen molar-refractivity contribution >= 4 is 29.3 Å². The highest BCUT2D eigenvalue weighted by Crippen LogP contribution is 2.25. The molecule has 0 radical (unpaired) electrons. The van der Waals surface area contributed by atoms with E-state index in [1.54, 1.807) is 49.4 Å². The SMILES string of the molecule is CCOC(=O)Oc1ccc(C(=O)Nc2ccc(NC(=O)/C=C/C3CCCC3)cc2)cc1. The summed E-state index contributed by atoms with van der Waals surface area (Å²) in [7, 11) is 0. The minimum absolute atomic E-state index is 0.159. The highest BCUT2D eigenvalue weighted by atomic mass is 16.7. The number of carbonyl (C=O) groups is 3. The Balaban J connectivity index is 1.50. The second kappa shape index (κ2) is 11.0. The summed E-state index contributed by atoms with van der Waals surface area (Å²) in [6.07, 6.45) is 7.56. The van der Waals surface area contributed by atoms with Crippen LogP contribution in [0.4, 0.5) is 16.2 Å². The lowest BCUT2D eigenvalue weighted by Gasteiger charge is -2.08. The maximum Gasteiger partial charge on any atom is 0.513 e. The number of hydrogen-bond donors (Lipinski definition) is 2. The monoisotopic (exact) mass is 422 g/mol. The van der Waals surface area contributed by atoms with Gasteiger partial charge in [-0.15, -0.1) is 0 Å². The molecule has 7 nitrogen and oxygen atoms in total. The zero-order valence-corrected chi connectivity index (χ0v) is 17.4. The summed E-state index contributed by atoms with van der Waals surface area (Å²) in [6.45, 7) is 1.91. The minimum atomic E-state index is -0.791. The van der Waals surface area contributed by atoms with E-state index < -0.39 is 6.16 Å². The molecule has 0 saturated heterocycles. The van der Waals surface area contributed by atoms with E-state index in [1.807, 2.05) is 6.08 Å². The van der Waals surface area contributed by atoms with Gasteiger partial charge in [0.05, 0.1) is 6.61 Å². The third-order valence-electron chi connectivity index (χ3n) is 4.91. The molecule has 31 heavy (non-hydrogen) atoms. The molecule has 0 aromatic heterocycles. The molecule has 2 aromatic rings. The van der Waals surface area contributed by atoms with E-state index in [0.29, 0.717) is 22.9 Å². The molecule has 0 unspecified atom stereocenters. The third kappa shape index (κ3) is 6.99. The minimum Gasteiger partial charge on any atom is -0.434 e. The number of amides is 2. The van der Waals surface area contributed by atoms with Crippen molar-refractivity contribution in [2.75, 3.05) is 17.2 Å². The molecular weight excluding hydrogens is 396 g/mol. The Labute approximate surface area is 181 Å². The Bertz CT molecular complexity index is 929. The number of rotatable bonds is 7. The first kappa shape index (κ1) is 22.1. The van der Waals surface area contributed by atoms with E-state index in [4.69, 9.17) is 9.47 Å². The zero-order valence-electron chi connectivity index (χ0n) is 17.4. The van der Waals surface area contributed by atoms with Crippen LogP contribution in [0, 0.1) is 5.92 Å². The molecule has 1 aliphatic carbocycles. The maximum atomic E-state index is 12.4. The van der Waals surface area contributed by atoms with Gasteiger partial charge < -0.3 is 20.1 Å². The van der Waals surface area contributed by atoms with Gasteiger partial charge in [0.25, 0.3) is 5.91 Å². The van der Waals surface area contributed by atoms with Crippen LogP contribution in [-0.4, -0.2) is 24.6 Å². The Morgan fingerprint density at radius 1 is 0.935 bits per heavy atom. The van der Waals surface area contributed by atoms with Crippen molar-refractivity contribution < 1.29 is 23.9 Å². The predicted molar refractivity (Wildman–Crippen MR) is 118 cm³/mol. The molecule has 7 heteroatoms. The normalized spacial score (nSPS) is 13.7. The fourth-order valence-corrected chi connectivity index (χ4v) is 3.32. The Kier molecular flexibility index (Phi) is 7.81. The molecule has 0 spiro atoms. The predicted octanol–water partition coefficient (Wildman–Crippen LogP) is 5.16. The van der Waals surface area contributed by atoms with Crippen LogP contribution in [0.5, 0.6) is 5.75 Å². The quantitative estimate of drug-likeness (QED) is 0.365. The van der Waals surface area contributed by atoms with Gasteiger partial charge in [0, 0.05) is 16.9 Å². The van der Waals surface area contributed by atoms with Crippen molar-refractivity contribution in [3.63, 3.8) is 0 Å². The van der Waals surface area contributed by atoms with E-state index in [-0.39, 0.29) is 24.2 Å². The topological polar surface area (TPSA) is 93.7 Å². The second-order valence-electron chi connectivity index (χ2n) is 7.23. The van der Waals surface area contributed by atoms with Gasteiger partial charge in [0.1, 0.15) is 5.75 Å². The van der Waals surface area contributed by atoms with Gasteiger partial charge in [-0.1, -0.05) is 18.9 Å². The van der Waals surface area contributed by atoms with Gasteiger partial charge in [0.2, 0.25) is 5.91 Å². The molecule has 2 amide bonds. The van der Waals surface area contributed by atoms with Crippen molar-refractivity contribution in [3.8, 4) is 5.75 Å². The van der Waals surface area contributed by atoms with Crippen LogP contribution in [0.15, 0.2) is 60.7 Å². The summed E-state index contributed by atoms with van der Waals surface area (Å²) < 4.78 is 9.67. The average Bonchev–Trinajstić information content (AvgIpc) is 3.28. The van der Waals surface area contributed by atoms with Crippen LogP contribution in [-0.2, 0) is 9.53 Å². The van der Waals surface area contributed by atoms with Gasteiger partial charge in [-0.2, -0.15) is 0 Å². The van der Waals surface area contributed by atoms with E-state index >= 15 is 0 Å². The molecular formula is C24H26N2O5. The average molecular weight is 422 g/mol. The second-order valence-corrected chi connectivity index (χ2v) is 7.23. The molecule has 0 bridgehead atoms. The largest absolute Gasteiger partial charge is 0.513 e. The molecule has 0 heterocycles. The van der Waals surface area contributed by atoms with Gasteiger partial charge >= 0.3 is 6.16 Å². The summed E-state index contributed by atoms with van der Waals surface area (Å²) in [5.74, 6) is 0.332. The molecule has 1 aliphatic rings. The first-order chi connectivity index (χ1) is 15.0. The van der Waals surface area contributed by atoms with Crippen molar-refractivity contribution in [1.82, 2.24) is 0 Å². The lowest BCUT2D eigenvalue weighted by Crippen LogP contribution is -2.13. The smallest absolute Gasteiger partial charge is 0.434 e. The fraction of sp³-hybridized carbons (Fsp3) is 0.292. The Morgan fingerprint density at radius 3 is 2.16 bits per heavy atom. The van der Waals surface area contributed by atoms with E-state index in [1.165, 1.54) is 25.0 Å². The van der Waals surface area contributed by atoms with E-state index in [9.17, 15) is 14.4 Å². The molecule has 0 aliphatic heterocycles. The Hall–Kier alpha value is -3.61. The van der Waals surface area contributed by atoms with Gasteiger partial charge in [0.15, 0.2) is 0 Å². The highest BCUT2D eigenvalue weighted by Gasteiger charge is 2.12. The van der Waals surface area contributed by atoms with Crippen LogP contribution in [0.1, 0.15) is 43.0 Å². The fourth-order valence-electron chi connectivity index (χ4n) is 3.32. The molecule has 1 saturated carbocycles. The number of anilines is 2. The first-order valence-electron chi connectivity index (χ1n) is 10.4. The maximum absolute atomic E-state index is 12.4. The van der Waals surface area contributed by atoms with Gasteiger partial charge in [-0.3, -0.25) is 9.59 Å². The standard InChI is InChI=1S/C24H26N2O5/c1-2-30-24(29)31-21-14-8-18(9-15-21)23(28)26-20-12-10-19(11-13-20)25-22(27)16-7-17-5-3-4-6-17/h7-17H,2-6H2,1H3,(H,25,27)(H,26,28)/b16-7+. The number of ether oxygens (including phenoxy) is 2. The summed E-state index contributed by atoms with van der Waals surface area (Å²) >= 11 is 0. The van der Waals surface area contributed by atoms with Crippen LogP contribution in [0.2, 0.25) is 0 Å². The number of hydrogen-bond acceptors (Lipinski definition) is 5. The van der Waals surface area contributed by atoms with Crippen LogP contribution in [0.25, 0.3) is 0 Å². The number of benzene rings is 2. The van der Waals surface area contributed by atoms with Gasteiger partial charge in [-0.05, 0) is 80.3 Å². The molecule has 2 aromatic carbocycles. The molecule has 162 valence electrons. The van der Waals surface area contributed by atoms with Crippen molar-refractivity contribution in [1.29, 1.82) is 0 Å². The van der Waals surface area contributed by atoms with E-state index in [2.05, 4.69) is 10.6 Å². The first-order valence-corrected chi connectivity index (χ1v) is 10.4. The van der Waals surface area contributed by atoms with Crippen LogP contribution >= 0.6 is 0 Å². The lowest BCUT2D eigenvalue weighted by atomic mass is 10.1. The summed E-state index contributed by atoms with van der Waals surface area (Å²) in [5.41, 5.74) is 1.65. The zero-order chi connectivity index (χ0) is 22.1. The van der Waals surface area contributed by atoms with E-state index in [0.717, 1.165) is 12.8 Å². The summed E-state index contributed by atoms with van der Waals surface area (Å²) in [5, 5.41) is 5.60. The highest BCUT2D eigenvalue weighted by molar-refractivity contribution is 6.04. The summed E-state index contributed by atoms with van der Waals surface area (Å²) in [4.78, 5) is 35.8. The molecule has 3 rings (SSSR count). The molecule has 0 atom stereocenters.